The van der Waals surface area contributed by atoms with Crippen molar-refractivity contribution < 1.29 is 0 Å². The SMILES string of the molecule is Cc1ccc(CCC(C)(Cn2ccnc2)Sc2ccc(Cl)cc2)c(C)c1. The number of thioether (sulfide) groups is 1. The molecule has 1 aromatic heterocycles. The number of rotatable bonds is 7. The number of aromatic nitrogens is 2. The lowest BCUT2D eigenvalue weighted by Crippen LogP contribution is -2.27. The van der Waals surface area contributed by atoms with Gasteiger partial charge in [0.15, 0.2) is 0 Å². The average Bonchev–Trinajstić information content (AvgIpc) is 3.09. The van der Waals surface area contributed by atoms with Crippen LogP contribution in [0.3, 0.4) is 0 Å². The third kappa shape index (κ3) is 5.15. The minimum atomic E-state index is 0.0614. The summed E-state index contributed by atoms with van der Waals surface area (Å²) in [4.78, 5) is 5.45. The molecule has 0 bridgehead atoms. The third-order valence-electron chi connectivity index (χ3n) is 4.68. The predicted octanol–water partition coefficient (Wildman–Crippen LogP) is 6.34. The van der Waals surface area contributed by atoms with E-state index >= 15 is 0 Å². The topological polar surface area (TPSA) is 17.8 Å². The Kier molecular flexibility index (Phi) is 6.10. The normalized spacial score (nSPS) is 13.5. The Balaban J connectivity index is 1.78. The number of hydrogen-bond acceptors (Lipinski definition) is 2. The molecular formula is C22H25ClN2S. The fourth-order valence-electron chi connectivity index (χ4n) is 3.24. The molecule has 0 N–H and O–H groups in total. The molecule has 26 heavy (non-hydrogen) atoms. The van der Waals surface area contributed by atoms with E-state index in [0.29, 0.717) is 0 Å². The molecule has 0 aliphatic heterocycles. The van der Waals surface area contributed by atoms with Crippen LogP contribution in [-0.4, -0.2) is 14.3 Å². The zero-order chi connectivity index (χ0) is 18.6. The minimum Gasteiger partial charge on any atom is -0.336 e. The minimum absolute atomic E-state index is 0.0614. The number of hydrogen-bond donors (Lipinski definition) is 0. The average molecular weight is 385 g/mol. The fourth-order valence-corrected chi connectivity index (χ4v) is 4.63. The predicted molar refractivity (Wildman–Crippen MR) is 112 cm³/mol. The molecule has 1 unspecified atom stereocenters. The molecule has 136 valence electrons. The molecule has 3 rings (SSSR count). The summed E-state index contributed by atoms with van der Waals surface area (Å²) >= 11 is 7.97. The van der Waals surface area contributed by atoms with E-state index in [2.05, 4.69) is 60.7 Å². The molecule has 0 aliphatic carbocycles. The van der Waals surface area contributed by atoms with Crippen LogP contribution in [0.1, 0.15) is 30.0 Å². The first-order valence-electron chi connectivity index (χ1n) is 8.90. The maximum Gasteiger partial charge on any atom is 0.0946 e. The van der Waals surface area contributed by atoms with Crippen LogP contribution < -0.4 is 0 Å². The van der Waals surface area contributed by atoms with Crippen LogP contribution in [0.5, 0.6) is 0 Å². The van der Waals surface area contributed by atoms with Crippen LogP contribution in [0.25, 0.3) is 0 Å². The van der Waals surface area contributed by atoms with Crippen LogP contribution in [0.4, 0.5) is 0 Å². The first-order valence-corrected chi connectivity index (χ1v) is 10.1. The highest BCUT2D eigenvalue weighted by atomic mass is 35.5. The van der Waals surface area contributed by atoms with E-state index in [9.17, 15) is 0 Å². The van der Waals surface area contributed by atoms with Crippen molar-refractivity contribution in [1.82, 2.24) is 9.55 Å². The lowest BCUT2D eigenvalue weighted by atomic mass is 9.96. The lowest BCUT2D eigenvalue weighted by molar-refractivity contribution is 0.495. The lowest BCUT2D eigenvalue weighted by Gasteiger charge is -2.30. The highest BCUT2D eigenvalue weighted by Crippen LogP contribution is 2.38. The van der Waals surface area contributed by atoms with E-state index in [4.69, 9.17) is 11.6 Å². The maximum atomic E-state index is 6.05. The fraction of sp³-hybridized carbons (Fsp3) is 0.318. The van der Waals surface area contributed by atoms with Crippen LogP contribution in [0, 0.1) is 13.8 Å². The molecule has 1 heterocycles. The highest BCUT2D eigenvalue weighted by Gasteiger charge is 2.26. The molecule has 0 saturated heterocycles. The molecule has 0 spiro atoms. The summed E-state index contributed by atoms with van der Waals surface area (Å²) in [5.41, 5.74) is 4.14. The largest absolute Gasteiger partial charge is 0.336 e. The highest BCUT2D eigenvalue weighted by molar-refractivity contribution is 8.00. The molecule has 3 aromatic rings. The first kappa shape index (κ1) is 19.1. The van der Waals surface area contributed by atoms with Gasteiger partial charge in [-0.3, -0.25) is 0 Å². The number of benzene rings is 2. The van der Waals surface area contributed by atoms with E-state index in [1.54, 1.807) is 0 Å². The molecule has 1 atom stereocenters. The third-order valence-corrected chi connectivity index (χ3v) is 6.26. The molecular weight excluding hydrogens is 360 g/mol. The smallest absolute Gasteiger partial charge is 0.0946 e. The molecule has 0 fully saturated rings. The van der Waals surface area contributed by atoms with Crippen LogP contribution in [0.2, 0.25) is 5.02 Å². The summed E-state index contributed by atoms with van der Waals surface area (Å²) < 4.78 is 2.23. The van der Waals surface area contributed by atoms with Gasteiger partial charge >= 0.3 is 0 Å². The van der Waals surface area contributed by atoms with Crippen LogP contribution in [-0.2, 0) is 13.0 Å². The zero-order valence-electron chi connectivity index (χ0n) is 15.6. The second kappa shape index (κ2) is 8.32. The van der Waals surface area contributed by atoms with Gasteiger partial charge in [-0.2, -0.15) is 0 Å². The number of aryl methyl sites for hydroxylation is 3. The number of halogens is 1. The van der Waals surface area contributed by atoms with Gasteiger partial charge in [-0.25, -0.2) is 4.98 Å². The molecule has 2 aromatic carbocycles. The molecule has 0 aliphatic rings. The van der Waals surface area contributed by atoms with E-state index in [1.807, 2.05) is 42.6 Å². The van der Waals surface area contributed by atoms with E-state index in [0.717, 1.165) is 24.4 Å². The van der Waals surface area contributed by atoms with Gasteiger partial charge < -0.3 is 4.57 Å². The molecule has 2 nitrogen and oxygen atoms in total. The van der Waals surface area contributed by atoms with Gasteiger partial charge in [-0.15, -0.1) is 11.8 Å². The van der Waals surface area contributed by atoms with Gasteiger partial charge in [0.2, 0.25) is 0 Å². The summed E-state index contributed by atoms with van der Waals surface area (Å²) in [7, 11) is 0. The van der Waals surface area contributed by atoms with Crippen molar-refractivity contribution in [3.8, 4) is 0 Å². The van der Waals surface area contributed by atoms with Gasteiger partial charge in [0.1, 0.15) is 0 Å². The summed E-state index contributed by atoms with van der Waals surface area (Å²) in [5.74, 6) is 0. The zero-order valence-corrected chi connectivity index (χ0v) is 17.1. The summed E-state index contributed by atoms with van der Waals surface area (Å²) in [5, 5.41) is 0.779. The van der Waals surface area contributed by atoms with Crippen molar-refractivity contribution in [1.29, 1.82) is 0 Å². The molecule has 0 saturated carbocycles. The quantitative estimate of drug-likeness (QED) is 0.442. The Morgan fingerprint density at radius 3 is 2.54 bits per heavy atom. The van der Waals surface area contributed by atoms with E-state index in [1.165, 1.54) is 21.6 Å². The molecule has 4 heteroatoms. The summed E-state index contributed by atoms with van der Waals surface area (Å²) in [6.07, 6.45) is 7.94. The van der Waals surface area contributed by atoms with E-state index < -0.39 is 0 Å². The van der Waals surface area contributed by atoms with E-state index in [-0.39, 0.29) is 4.75 Å². The monoisotopic (exact) mass is 384 g/mol. The Hall–Kier alpha value is -1.71. The van der Waals surface area contributed by atoms with Crippen molar-refractivity contribution in [2.24, 2.45) is 0 Å². The summed E-state index contributed by atoms with van der Waals surface area (Å²) in [6.45, 7) is 7.62. The van der Waals surface area contributed by atoms with Crippen LogP contribution >= 0.6 is 23.4 Å². The number of imidazole rings is 1. The molecule has 0 radical (unpaired) electrons. The Labute approximate surface area is 165 Å². The van der Waals surface area contributed by atoms with Gasteiger partial charge in [-0.05, 0) is 69.0 Å². The van der Waals surface area contributed by atoms with Gasteiger partial charge in [0.05, 0.1) is 6.33 Å². The molecule has 0 amide bonds. The number of nitrogens with zero attached hydrogens (tertiary/aromatic N) is 2. The first-order chi connectivity index (χ1) is 12.4. The maximum absolute atomic E-state index is 6.05. The Morgan fingerprint density at radius 2 is 1.88 bits per heavy atom. The van der Waals surface area contributed by atoms with Gasteiger partial charge in [-0.1, -0.05) is 35.4 Å². The standard InChI is InChI=1S/C22H25ClN2S/c1-17-4-5-19(18(2)14-17)10-11-22(3,15-25-13-12-24-16-25)26-21-8-6-20(23)7-9-21/h4-9,12-14,16H,10-11,15H2,1-3H3. The van der Waals surface area contributed by atoms with Crippen molar-refractivity contribution in [2.75, 3.05) is 0 Å². The van der Waals surface area contributed by atoms with Gasteiger partial charge in [0.25, 0.3) is 0 Å². The Morgan fingerprint density at radius 1 is 1.12 bits per heavy atom. The van der Waals surface area contributed by atoms with Crippen molar-refractivity contribution in [3.05, 3.63) is 82.9 Å². The van der Waals surface area contributed by atoms with Crippen molar-refractivity contribution >= 4 is 23.4 Å². The van der Waals surface area contributed by atoms with Crippen LogP contribution in [0.15, 0.2) is 66.1 Å². The second-order valence-corrected chi connectivity index (χ2v) is 9.27. The van der Waals surface area contributed by atoms with Crippen molar-refractivity contribution in [2.45, 2.75) is 49.8 Å². The second-order valence-electron chi connectivity index (χ2n) is 7.17. The Bertz CT molecular complexity index is 843. The van der Waals surface area contributed by atoms with Gasteiger partial charge in [0, 0.05) is 33.6 Å². The van der Waals surface area contributed by atoms with Crippen molar-refractivity contribution in [3.63, 3.8) is 0 Å². The summed E-state index contributed by atoms with van der Waals surface area (Å²) in [6, 6.07) is 14.9.